The first kappa shape index (κ1) is 15.5. The topological polar surface area (TPSA) is 64.7 Å². The number of hydrogen-bond acceptors (Lipinski definition) is 4. The maximum absolute atomic E-state index is 14.0. The number of rotatable bonds is 3. The SMILES string of the molecule is CC(C)c1c([C@H](C)N)cnc2ccc(-c3ncncc3F)cc12. The fourth-order valence-corrected chi connectivity index (χ4v) is 2.91. The Morgan fingerprint density at radius 3 is 2.52 bits per heavy atom. The quantitative estimate of drug-likeness (QED) is 0.795. The van der Waals surface area contributed by atoms with Crippen molar-refractivity contribution in [2.45, 2.75) is 32.7 Å². The molecule has 5 heteroatoms. The van der Waals surface area contributed by atoms with Crippen LogP contribution in [0.15, 0.2) is 36.9 Å². The van der Waals surface area contributed by atoms with Gasteiger partial charge in [0.15, 0.2) is 5.82 Å². The molecule has 0 saturated carbocycles. The molecule has 3 rings (SSSR count). The molecule has 2 heterocycles. The zero-order valence-corrected chi connectivity index (χ0v) is 13.4. The standard InChI is InChI=1S/C18H19FN4/c1-10(2)17-13-6-12(18-15(19)8-21-9-23-18)4-5-16(13)22-7-14(17)11(3)20/h4-11H,20H2,1-3H3/t11-/m0/s1. The number of aromatic nitrogens is 3. The lowest BCUT2D eigenvalue weighted by Gasteiger charge is -2.18. The van der Waals surface area contributed by atoms with Crippen LogP contribution in [-0.4, -0.2) is 15.0 Å². The summed E-state index contributed by atoms with van der Waals surface area (Å²) in [6.07, 6.45) is 4.36. The Kier molecular flexibility index (Phi) is 4.05. The van der Waals surface area contributed by atoms with Crippen LogP contribution in [0.2, 0.25) is 0 Å². The van der Waals surface area contributed by atoms with Gasteiger partial charge in [0.1, 0.15) is 12.0 Å². The van der Waals surface area contributed by atoms with E-state index in [2.05, 4.69) is 28.8 Å². The van der Waals surface area contributed by atoms with Gasteiger partial charge in [0.05, 0.1) is 11.7 Å². The summed E-state index contributed by atoms with van der Waals surface area (Å²) in [7, 11) is 0. The van der Waals surface area contributed by atoms with Crippen LogP contribution in [0.3, 0.4) is 0 Å². The van der Waals surface area contributed by atoms with Gasteiger partial charge >= 0.3 is 0 Å². The van der Waals surface area contributed by atoms with E-state index >= 15 is 0 Å². The Labute approximate surface area is 134 Å². The number of fused-ring (bicyclic) bond motifs is 1. The minimum absolute atomic E-state index is 0.108. The van der Waals surface area contributed by atoms with Crippen molar-refractivity contribution in [3.8, 4) is 11.3 Å². The molecule has 0 bridgehead atoms. The third-order valence-electron chi connectivity index (χ3n) is 3.95. The lowest BCUT2D eigenvalue weighted by Crippen LogP contribution is -2.10. The van der Waals surface area contributed by atoms with Crippen molar-refractivity contribution in [3.05, 3.63) is 53.9 Å². The van der Waals surface area contributed by atoms with Crippen molar-refractivity contribution >= 4 is 10.9 Å². The number of halogens is 1. The van der Waals surface area contributed by atoms with E-state index in [4.69, 9.17) is 5.73 Å². The molecule has 0 spiro atoms. The molecule has 2 N–H and O–H groups in total. The molecule has 0 aliphatic heterocycles. The highest BCUT2D eigenvalue weighted by Crippen LogP contribution is 2.33. The molecule has 0 amide bonds. The largest absolute Gasteiger partial charge is 0.324 e. The van der Waals surface area contributed by atoms with Gasteiger partial charge in [0, 0.05) is 23.2 Å². The predicted octanol–water partition coefficient (Wildman–Crippen LogP) is 3.97. The molecule has 3 aromatic rings. The molecule has 1 aromatic carbocycles. The summed E-state index contributed by atoms with van der Waals surface area (Å²) in [5, 5.41) is 0.991. The second-order valence-electron chi connectivity index (χ2n) is 6.02. The number of nitrogens with zero attached hydrogens (tertiary/aromatic N) is 3. The zero-order valence-electron chi connectivity index (χ0n) is 13.4. The summed E-state index contributed by atoms with van der Waals surface area (Å²) < 4.78 is 14.0. The zero-order chi connectivity index (χ0) is 16.6. The Morgan fingerprint density at radius 2 is 1.87 bits per heavy atom. The predicted molar refractivity (Wildman–Crippen MR) is 89.4 cm³/mol. The highest BCUT2D eigenvalue weighted by Gasteiger charge is 2.16. The van der Waals surface area contributed by atoms with E-state index in [9.17, 15) is 4.39 Å². The summed E-state index contributed by atoms with van der Waals surface area (Å²) in [6, 6.07) is 5.55. The minimum Gasteiger partial charge on any atom is -0.324 e. The Bertz CT molecular complexity index is 859. The lowest BCUT2D eigenvalue weighted by atomic mass is 9.90. The average Bonchev–Trinajstić information content (AvgIpc) is 2.53. The van der Waals surface area contributed by atoms with Crippen LogP contribution < -0.4 is 5.73 Å². The average molecular weight is 310 g/mol. The van der Waals surface area contributed by atoms with Gasteiger partial charge in [-0.3, -0.25) is 4.98 Å². The summed E-state index contributed by atoms with van der Waals surface area (Å²) in [4.78, 5) is 12.3. The van der Waals surface area contributed by atoms with Gasteiger partial charge in [-0.1, -0.05) is 19.9 Å². The van der Waals surface area contributed by atoms with Gasteiger partial charge in [0.25, 0.3) is 0 Å². The first-order chi connectivity index (χ1) is 11.0. The normalized spacial score (nSPS) is 12.8. The Hall–Kier alpha value is -2.40. The minimum atomic E-state index is -0.436. The van der Waals surface area contributed by atoms with E-state index in [1.807, 2.05) is 31.3 Å². The van der Waals surface area contributed by atoms with Gasteiger partial charge in [-0.2, -0.15) is 0 Å². The molecule has 1 atom stereocenters. The highest BCUT2D eigenvalue weighted by atomic mass is 19.1. The highest BCUT2D eigenvalue weighted by molar-refractivity contribution is 5.88. The molecule has 0 saturated heterocycles. The molecule has 0 radical (unpaired) electrons. The number of hydrogen-bond donors (Lipinski definition) is 1. The molecular formula is C18H19FN4. The smallest absolute Gasteiger partial charge is 0.167 e. The van der Waals surface area contributed by atoms with E-state index in [0.29, 0.717) is 11.3 Å². The van der Waals surface area contributed by atoms with Crippen molar-refractivity contribution < 1.29 is 4.39 Å². The van der Waals surface area contributed by atoms with Crippen LogP contribution in [0.5, 0.6) is 0 Å². The maximum Gasteiger partial charge on any atom is 0.167 e. The van der Waals surface area contributed by atoms with E-state index in [0.717, 1.165) is 22.0 Å². The van der Waals surface area contributed by atoms with Crippen LogP contribution in [0.25, 0.3) is 22.2 Å². The van der Waals surface area contributed by atoms with Crippen LogP contribution in [0, 0.1) is 5.82 Å². The van der Waals surface area contributed by atoms with Crippen LogP contribution >= 0.6 is 0 Å². The summed E-state index contributed by atoms with van der Waals surface area (Å²) in [6.45, 7) is 6.19. The first-order valence-electron chi connectivity index (χ1n) is 7.63. The van der Waals surface area contributed by atoms with Crippen LogP contribution in [-0.2, 0) is 0 Å². The van der Waals surface area contributed by atoms with Gasteiger partial charge in [-0.25, -0.2) is 14.4 Å². The second-order valence-corrected chi connectivity index (χ2v) is 6.02. The van der Waals surface area contributed by atoms with E-state index in [-0.39, 0.29) is 12.0 Å². The summed E-state index contributed by atoms with van der Waals surface area (Å²) in [5.74, 6) is -0.152. The van der Waals surface area contributed by atoms with Crippen molar-refractivity contribution in [2.75, 3.05) is 0 Å². The monoisotopic (exact) mass is 310 g/mol. The molecule has 4 nitrogen and oxygen atoms in total. The van der Waals surface area contributed by atoms with E-state index in [1.165, 1.54) is 12.5 Å². The van der Waals surface area contributed by atoms with Crippen molar-refractivity contribution in [3.63, 3.8) is 0 Å². The molecule has 23 heavy (non-hydrogen) atoms. The third-order valence-corrected chi connectivity index (χ3v) is 3.95. The van der Waals surface area contributed by atoms with Crippen molar-refractivity contribution in [1.82, 2.24) is 15.0 Å². The molecule has 0 unspecified atom stereocenters. The van der Waals surface area contributed by atoms with Gasteiger partial charge in [0.2, 0.25) is 0 Å². The van der Waals surface area contributed by atoms with E-state index < -0.39 is 5.82 Å². The molecule has 0 aliphatic carbocycles. The Morgan fingerprint density at radius 1 is 1.09 bits per heavy atom. The van der Waals surface area contributed by atoms with Crippen LogP contribution in [0.1, 0.15) is 43.9 Å². The van der Waals surface area contributed by atoms with Gasteiger partial charge < -0.3 is 5.73 Å². The summed E-state index contributed by atoms with van der Waals surface area (Å²) in [5.41, 5.74) is 10.1. The number of benzene rings is 1. The summed E-state index contributed by atoms with van der Waals surface area (Å²) >= 11 is 0. The third kappa shape index (κ3) is 2.80. The van der Waals surface area contributed by atoms with Gasteiger partial charge in [-0.05, 0) is 36.1 Å². The van der Waals surface area contributed by atoms with Crippen molar-refractivity contribution in [2.24, 2.45) is 5.73 Å². The van der Waals surface area contributed by atoms with Crippen LogP contribution in [0.4, 0.5) is 4.39 Å². The van der Waals surface area contributed by atoms with E-state index in [1.54, 1.807) is 0 Å². The fraction of sp³-hybridized carbons (Fsp3) is 0.278. The molecule has 2 aromatic heterocycles. The molecule has 0 aliphatic rings. The van der Waals surface area contributed by atoms with Crippen molar-refractivity contribution in [1.29, 1.82) is 0 Å². The molecular weight excluding hydrogens is 291 g/mol. The second kappa shape index (κ2) is 6.01. The maximum atomic E-state index is 14.0. The Balaban J connectivity index is 2.30. The number of pyridine rings is 1. The molecule has 118 valence electrons. The van der Waals surface area contributed by atoms with Gasteiger partial charge in [-0.15, -0.1) is 0 Å². The first-order valence-corrected chi connectivity index (χ1v) is 7.63. The number of nitrogens with two attached hydrogens (primary N) is 1. The molecule has 0 fully saturated rings. The fourth-order valence-electron chi connectivity index (χ4n) is 2.91. The lowest BCUT2D eigenvalue weighted by molar-refractivity contribution is 0.618.